The fourth-order valence-electron chi connectivity index (χ4n) is 5.68. The summed E-state index contributed by atoms with van der Waals surface area (Å²) in [6, 6.07) is 12.9. The van der Waals surface area contributed by atoms with Crippen LogP contribution in [0.1, 0.15) is 45.7 Å². The van der Waals surface area contributed by atoms with E-state index in [0.29, 0.717) is 32.2 Å². The molecule has 4 heterocycles. The molecule has 1 amide bonds. The number of rotatable bonds is 9. The highest BCUT2D eigenvalue weighted by Crippen LogP contribution is 2.43. The predicted octanol–water partition coefficient (Wildman–Crippen LogP) is 3.12. The molecule has 2 N–H and O–H groups in total. The third-order valence-electron chi connectivity index (χ3n) is 8.09. The number of Topliss-reactive ketones (excluding diaryl/α,β-unsaturated/α-hetero) is 1. The molecular formula is C32H43N3O9S. The van der Waals surface area contributed by atoms with Crippen molar-refractivity contribution in [3.05, 3.63) is 59.7 Å². The fourth-order valence-corrected chi connectivity index (χ4v) is 7.68. The molecule has 4 aliphatic heterocycles. The molecule has 4 fully saturated rings. The molecule has 0 radical (unpaired) electrons. The molecule has 0 aliphatic carbocycles. The van der Waals surface area contributed by atoms with Crippen molar-refractivity contribution in [3.63, 3.8) is 0 Å². The summed E-state index contributed by atoms with van der Waals surface area (Å²) in [6.45, 7) is 11.9. The number of nitrogens with one attached hydrogen (secondary N) is 2. The summed E-state index contributed by atoms with van der Waals surface area (Å²) >= 11 is 0. The minimum atomic E-state index is -4.27. The van der Waals surface area contributed by atoms with Crippen LogP contribution in [-0.2, 0) is 40.2 Å². The number of carbonyl (C=O) groups is 2. The van der Waals surface area contributed by atoms with E-state index in [1.54, 1.807) is 32.9 Å². The smallest absolute Gasteiger partial charge is 0.409 e. The maximum atomic E-state index is 14.6. The zero-order chi connectivity index (χ0) is 32.6. The van der Waals surface area contributed by atoms with Crippen molar-refractivity contribution in [2.24, 2.45) is 5.41 Å². The number of fused-ring (bicyclic) bond motifs is 3. The van der Waals surface area contributed by atoms with Crippen molar-refractivity contribution in [2.45, 2.75) is 82.2 Å². The van der Waals surface area contributed by atoms with Gasteiger partial charge in [0, 0.05) is 18.5 Å². The topological polar surface area (TPSA) is 142 Å². The average Bonchev–Trinajstić information content (AvgIpc) is 2.99. The molecule has 3 unspecified atom stereocenters. The van der Waals surface area contributed by atoms with Crippen molar-refractivity contribution in [2.75, 3.05) is 32.9 Å². The first-order valence-electron chi connectivity index (χ1n) is 15.0. The molecule has 246 valence electrons. The van der Waals surface area contributed by atoms with E-state index in [2.05, 4.69) is 10.6 Å². The van der Waals surface area contributed by atoms with E-state index >= 15 is 0 Å². The first kappa shape index (κ1) is 33.3. The second kappa shape index (κ2) is 12.6. The Morgan fingerprint density at radius 3 is 2.27 bits per heavy atom. The van der Waals surface area contributed by atoms with Gasteiger partial charge >= 0.3 is 12.1 Å². The third-order valence-corrected chi connectivity index (χ3v) is 10.2. The molecule has 4 aliphatic rings. The highest BCUT2D eigenvalue weighted by atomic mass is 32.2. The third kappa shape index (κ3) is 7.18. The highest BCUT2D eigenvalue weighted by molar-refractivity contribution is 7.92. The Morgan fingerprint density at radius 2 is 1.69 bits per heavy atom. The number of alkyl carbamates (subject to hydrolysis) is 1. The number of nitrogens with zero attached hydrogens (tertiary/aromatic N) is 1. The maximum Gasteiger partial charge on any atom is 0.409 e. The minimum absolute atomic E-state index is 0.0122. The van der Waals surface area contributed by atoms with Crippen LogP contribution < -0.4 is 15.4 Å². The number of amides is 1. The van der Waals surface area contributed by atoms with Crippen LogP contribution in [0.5, 0.6) is 5.75 Å². The number of hydrogen-bond acceptors (Lipinski definition) is 11. The largest absolute Gasteiger partial charge is 0.489 e. The van der Waals surface area contributed by atoms with Gasteiger partial charge in [0.1, 0.15) is 35.5 Å². The van der Waals surface area contributed by atoms with Crippen LogP contribution in [0.25, 0.3) is 0 Å². The monoisotopic (exact) mass is 645 g/mol. The van der Waals surface area contributed by atoms with Crippen LogP contribution >= 0.6 is 0 Å². The molecule has 2 bridgehead atoms. The molecule has 2 aromatic carbocycles. The van der Waals surface area contributed by atoms with Crippen molar-refractivity contribution in [3.8, 4) is 5.75 Å². The summed E-state index contributed by atoms with van der Waals surface area (Å²) in [5, 5.41) is 4.38. The molecule has 6 rings (SSSR count). The molecule has 0 aromatic heterocycles. The highest BCUT2D eigenvalue weighted by Gasteiger charge is 2.62. The van der Waals surface area contributed by atoms with Crippen molar-refractivity contribution in [1.82, 2.24) is 15.5 Å². The van der Waals surface area contributed by atoms with E-state index in [4.69, 9.17) is 23.7 Å². The number of sulfone groups is 1. The molecule has 2 aromatic rings. The summed E-state index contributed by atoms with van der Waals surface area (Å²) in [7, 11) is -4.27. The molecule has 3 atom stereocenters. The van der Waals surface area contributed by atoms with Crippen molar-refractivity contribution in [1.29, 1.82) is 0 Å². The van der Waals surface area contributed by atoms with E-state index in [1.807, 2.05) is 38.1 Å². The van der Waals surface area contributed by atoms with Gasteiger partial charge in [-0.3, -0.25) is 15.0 Å². The molecule has 0 spiro atoms. The van der Waals surface area contributed by atoms with Gasteiger partial charge in [-0.1, -0.05) is 31.2 Å². The Balaban J connectivity index is 1.48. The van der Waals surface area contributed by atoms with Gasteiger partial charge in [-0.15, -0.1) is 0 Å². The molecule has 45 heavy (non-hydrogen) atoms. The number of piperazine rings is 1. The molecule has 13 heteroatoms. The lowest BCUT2D eigenvalue weighted by atomic mass is 9.91. The van der Waals surface area contributed by atoms with Crippen LogP contribution in [-0.4, -0.2) is 87.3 Å². The summed E-state index contributed by atoms with van der Waals surface area (Å²) in [5.41, 5.74) is 0.907. The Labute approximate surface area is 264 Å². The van der Waals surface area contributed by atoms with Gasteiger partial charge < -0.3 is 29.0 Å². The lowest BCUT2D eigenvalue weighted by Crippen LogP contribution is -2.77. The summed E-state index contributed by atoms with van der Waals surface area (Å²) in [5.74, 6) is -1.70. The summed E-state index contributed by atoms with van der Waals surface area (Å²) in [6.07, 6.45) is -2.17. The second-order valence-electron chi connectivity index (χ2n) is 13.2. The Morgan fingerprint density at radius 1 is 1.07 bits per heavy atom. The molecule has 12 nitrogen and oxygen atoms in total. The lowest BCUT2D eigenvalue weighted by Gasteiger charge is -2.56. The standard InChI is InChI=1S/C32H43N3O9S/c1-21-9-7-8-10-23(21)17-40-24-11-13-25(14-12-24)45(38,39)28-26(32-41-18-31(6,19-42-32)20-43-32)33-15-16-35(28)27(22(2)36)34-29(37)44-30(3,4)5/h7-14,26-28,33H,15-20H2,1-6H3,(H,34,37). The quantitative estimate of drug-likeness (QED) is 0.416. The van der Waals surface area contributed by atoms with Crippen LogP contribution in [0.2, 0.25) is 0 Å². The lowest BCUT2D eigenvalue weighted by molar-refractivity contribution is -0.476. The van der Waals surface area contributed by atoms with Gasteiger partial charge in [0.15, 0.2) is 15.6 Å². The van der Waals surface area contributed by atoms with E-state index in [9.17, 15) is 18.0 Å². The Kier molecular flexibility index (Phi) is 9.33. The first-order valence-corrected chi connectivity index (χ1v) is 16.6. The van der Waals surface area contributed by atoms with E-state index < -0.39 is 50.9 Å². The van der Waals surface area contributed by atoms with E-state index in [-0.39, 0.29) is 23.4 Å². The molecule has 0 saturated carbocycles. The minimum Gasteiger partial charge on any atom is -0.489 e. The number of aryl methyl sites for hydroxylation is 1. The van der Waals surface area contributed by atoms with Gasteiger partial charge in [-0.2, -0.15) is 0 Å². The summed E-state index contributed by atoms with van der Waals surface area (Å²) in [4.78, 5) is 27.3. The fraction of sp³-hybridized carbons (Fsp3) is 0.562. The van der Waals surface area contributed by atoms with Gasteiger partial charge in [-0.25, -0.2) is 13.2 Å². The summed E-state index contributed by atoms with van der Waals surface area (Å²) < 4.78 is 58.9. The van der Waals surface area contributed by atoms with Gasteiger partial charge in [0.05, 0.1) is 24.7 Å². The van der Waals surface area contributed by atoms with Crippen LogP contribution in [0.4, 0.5) is 4.79 Å². The number of hydrogen-bond donors (Lipinski definition) is 2. The number of benzene rings is 2. The first-order chi connectivity index (χ1) is 21.1. The Hall–Kier alpha value is -3.07. The maximum absolute atomic E-state index is 14.6. The Bertz CT molecular complexity index is 1480. The molecular weight excluding hydrogens is 602 g/mol. The van der Waals surface area contributed by atoms with Crippen molar-refractivity contribution < 1.29 is 41.7 Å². The molecule has 4 saturated heterocycles. The second-order valence-corrected chi connectivity index (χ2v) is 15.3. The van der Waals surface area contributed by atoms with Gasteiger partial charge in [0.2, 0.25) is 0 Å². The zero-order valence-corrected chi connectivity index (χ0v) is 27.4. The predicted molar refractivity (Wildman–Crippen MR) is 164 cm³/mol. The number of ether oxygens (including phenoxy) is 5. The van der Waals surface area contributed by atoms with E-state index in [0.717, 1.165) is 11.1 Å². The van der Waals surface area contributed by atoms with Gasteiger partial charge in [-0.05, 0) is 70.0 Å². The van der Waals surface area contributed by atoms with Crippen molar-refractivity contribution >= 4 is 21.7 Å². The zero-order valence-electron chi connectivity index (χ0n) is 26.6. The number of carbonyl (C=O) groups excluding carboxylic acids is 2. The van der Waals surface area contributed by atoms with Gasteiger partial charge in [0.25, 0.3) is 0 Å². The normalized spacial score (nSPS) is 27.9. The SMILES string of the molecule is CC(=O)C(NC(=O)OC(C)(C)C)N1CCNC(C23OCC(C)(CO2)CO3)C1S(=O)(=O)c1ccc(OCc2ccccc2C)cc1. The average molecular weight is 646 g/mol. The number of ketones is 1. The van der Waals surface area contributed by atoms with Crippen LogP contribution in [0, 0.1) is 12.3 Å². The van der Waals surface area contributed by atoms with E-state index in [1.165, 1.54) is 24.0 Å². The van der Waals surface area contributed by atoms with Crippen LogP contribution in [0.15, 0.2) is 53.4 Å². The van der Waals surface area contributed by atoms with Crippen LogP contribution in [0.3, 0.4) is 0 Å².